The SMILES string of the molecule is CCOc1ccccc1-c1nc(C(C)(C)C)c(CO)s1. The monoisotopic (exact) mass is 291 g/mol. The number of rotatable bonds is 4. The van der Waals surface area contributed by atoms with Gasteiger partial charge in [0.05, 0.1) is 29.3 Å². The van der Waals surface area contributed by atoms with Crippen molar-refractivity contribution in [2.75, 3.05) is 6.61 Å². The standard InChI is InChI=1S/C16H21NO2S/c1-5-19-12-9-7-6-8-11(12)15-17-14(16(2,3)4)13(10-18)20-15/h6-9,18H,5,10H2,1-4H3. The van der Waals surface area contributed by atoms with Crippen LogP contribution >= 0.6 is 11.3 Å². The Balaban J connectivity index is 2.51. The summed E-state index contributed by atoms with van der Waals surface area (Å²) in [6, 6.07) is 7.90. The van der Waals surface area contributed by atoms with E-state index in [1.54, 1.807) is 0 Å². The Morgan fingerprint density at radius 1 is 1.25 bits per heavy atom. The van der Waals surface area contributed by atoms with Gasteiger partial charge in [0.2, 0.25) is 0 Å². The van der Waals surface area contributed by atoms with Gasteiger partial charge < -0.3 is 9.84 Å². The summed E-state index contributed by atoms with van der Waals surface area (Å²) in [6.45, 7) is 8.96. The lowest BCUT2D eigenvalue weighted by molar-refractivity contribution is 0.282. The van der Waals surface area contributed by atoms with Gasteiger partial charge in [0.25, 0.3) is 0 Å². The van der Waals surface area contributed by atoms with Crippen LogP contribution in [0.25, 0.3) is 10.6 Å². The molecule has 1 aromatic heterocycles. The van der Waals surface area contributed by atoms with E-state index in [0.29, 0.717) is 6.61 Å². The van der Waals surface area contributed by atoms with Crippen LogP contribution in [0.3, 0.4) is 0 Å². The second kappa shape index (κ2) is 5.94. The highest BCUT2D eigenvalue weighted by Crippen LogP contribution is 2.38. The highest BCUT2D eigenvalue weighted by molar-refractivity contribution is 7.15. The predicted octanol–water partition coefficient (Wildman–Crippen LogP) is 4.00. The van der Waals surface area contributed by atoms with Crippen molar-refractivity contribution in [3.8, 4) is 16.3 Å². The first kappa shape index (κ1) is 15.0. The van der Waals surface area contributed by atoms with Gasteiger partial charge in [-0.1, -0.05) is 32.9 Å². The quantitative estimate of drug-likeness (QED) is 0.926. The van der Waals surface area contributed by atoms with Crippen LogP contribution in [0.15, 0.2) is 24.3 Å². The van der Waals surface area contributed by atoms with Gasteiger partial charge in [-0.15, -0.1) is 11.3 Å². The van der Waals surface area contributed by atoms with Gasteiger partial charge in [-0.3, -0.25) is 0 Å². The molecule has 1 N–H and O–H groups in total. The molecule has 3 nitrogen and oxygen atoms in total. The third kappa shape index (κ3) is 3.02. The smallest absolute Gasteiger partial charge is 0.129 e. The van der Waals surface area contributed by atoms with E-state index < -0.39 is 0 Å². The summed E-state index contributed by atoms with van der Waals surface area (Å²) in [6.07, 6.45) is 0. The lowest BCUT2D eigenvalue weighted by Gasteiger charge is -2.16. The van der Waals surface area contributed by atoms with Crippen LogP contribution in [0.1, 0.15) is 38.3 Å². The first-order valence-electron chi connectivity index (χ1n) is 6.80. The van der Waals surface area contributed by atoms with Gasteiger partial charge in [-0.05, 0) is 19.1 Å². The maximum atomic E-state index is 9.55. The van der Waals surface area contributed by atoms with Crippen LogP contribution in [-0.2, 0) is 12.0 Å². The van der Waals surface area contributed by atoms with E-state index in [-0.39, 0.29) is 12.0 Å². The van der Waals surface area contributed by atoms with E-state index in [9.17, 15) is 5.11 Å². The van der Waals surface area contributed by atoms with Gasteiger partial charge in [0.1, 0.15) is 10.8 Å². The van der Waals surface area contributed by atoms with Crippen molar-refractivity contribution in [3.05, 3.63) is 34.8 Å². The van der Waals surface area contributed by atoms with Gasteiger partial charge >= 0.3 is 0 Å². The molecule has 0 amide bonds. The molecule has 0 saturated heterocycles. The number of hydrogen-bond donors (Lipinski definition) is 1. The van der Waals surface area contributed by atoms with E-state index in [0.717, 1.165) is 26.9 Å². The summed E-state index contributed by atoms with van der Waals surface area (Å²) in [5, 5.41) is 10.5. The molecule has 0 bridgehead atoms. The second-order valence-electron chi connectivity index (χ2n) is 5.63. The van der Waals surface area contributed by atoms with Crippen LogP contribution in [0.2, 0.25) is 0 Å². The van der Waals surface area contributed by atoms with E-state index in [1.165, 1.54) is 11.3 Å². The zero-order valence-corrected chi connectivity index (χ0v) is 13.3. The van der Waals surface area contributed by atoms with Crippen molar-refractivity contribution in [1.29, 1.82) is 0 Å². The summed E-state index contributed by atoms with van der Waals surface area (Å²) < 4.78 is 5.66. The van der Waals surface area contributed by atoms with Crippen molar-refractivity contribution in [1.82, 2.24) is 4.98 Å². The van der Waals surface area contributed by atoms with Crippen molar-refractivity contribution in [2.45, 2.75) is 39.7 Å². The molecular formula is C16H21NO2S. The molecule has 20 heavy (non-hydrogen) atoms. The molecule has 1 heterocycles. The molecule has 4 heteroatoms. The third-order valence-corrected chi connectivity index (χ3v) is 4.04. The van der Waals surface area contributed by atoms with Gasteiger partial charge in [-0.25, -0.2) is 4.98 Å². The number of nitrogens with zero attached hydrogens (tertiary/aromatic N) is 1. The summed E-state index contributed by atoms with van der Waals surface area (Å²) in [4.78, 5) is 5.67. The molecule has 0 atom stereocenters. The fourth-order valence-electron chi connectivity index (χ4n) is 2.08. The Kier molecular flexibility index (Phi) is 4.45. The highest BCUT2D eigenvalue weighted by atomic mass is 32.1. The molecule has 1 aromatic carbocycles. The number of aliphatic hydroxyl groups is 1. The number of para-hydroxylation sites is 1. The van der Waals surface area contributed by atoms with Crippen LogP contribution in [0, 0.1) is 0 Å². The van der Waals surface area contributed by atoms with E-state index in [1.807, 2.05) is 31.2 Å². The van der Waals surface area contributed by atoms with Crippen LogP contribution in [0.5, 0.6) is 5.75 Å². The van der Waals surface area contributed by atoms with E-state index in [4.69, 9.17) is 9.72 Å². The van der Waals surface area contributed by atoms with Crippen molar-refractivity contribution < 1.29 is 9.84 Å². The molecule has 0 saturated carbocycles. The zero-order valence-electron chi connectivity index (χ0n) is 12.4. The molecule has 2 rings (SSSR count). The number of ether oxygens (including phenoxy) is 1. The lowest BCUT2D eigenvalue weighted by Crippen LogP contribution is -2.14. The van der Waals surface area contributed by atoms with Gasteiger partial charge in [-0.2, -0.15) is 0 Å². The van der Waals surface area contributed by atoms with Gasteiger partial charge in [0.15, 0.2) is 0 Å². The summed E-state index contributed by atoms with van der Waals surface area (Å²) in [5.41, 5.74) is 1.88. The van der Waals surface area contributed by atoms with Crippen molar-refractivity contribution >= 4 is 11.3 Å². The maximum absolute atomic E-state index is 9.55. The third-order valence-electron chi connectivity index (χ3n) is 2.97. The average molecular weight is 291 g/mol. The number of thiazole rings is 1. The zero-order chi connectivity index (χ0) is 14.8. The first-order valence-corrected chi connectivity index (χ1v) is 7.62. The molecule has 0 unspecified atom stereocenters. The molecule has 0 aliphatic carbocycles. The minimum atomic E-state index is -0.0760. The fraction of sp³-hybridized carbons (Fsp3) is 0.438. The van der Waals surface area contributed by atoms with Crippen LogP contribution < -0.4 is 4.74 Å². The molecule has 108 valence electrons. The number of benzene rings is 1. The molecule has 2 aromatic rings. The number of aliphatic hydroxyl groups excluding tert-OH is 1. The summed E-state index contributed by atoms with van der Waals surface area (Å²) in [7, 11) is 0. The molecule has 0 spiro atoms. The molecular weight excluding hydrogens is 270 g/mol. The summed E-state index contributed by atoms with van der Waals surface area (Å²) in [5.74, 6) is 0.841. The number of hydrogen-bond acceptors (Lipinski definition) is 4. The minimum Gasteiger partial charge on any atom is -0.493 e. The van der Waals surface area contributed by atoms with Crippen LogP contribution in [-0.4, -0.2) is 16.7 Å². The predicted molar refractivity (Wildman–Crippen MR) is 83.3 cm³/mol. The lowest BCUT2D eigenvalue weighted by atomic mass is 9.91. The molecule has 0 aliphatic rings. The number of aromatic nitrogens is 1. The Labute approximate surface area is 124 Å². The largest absolute Gasteiger partial charge is 0.493 e. The average Bonchev–Trinajstić information content (AvgIpc) is 2.84. The van der Waals surface area contributed by atoms with Crippen LogP contribution in [0.4, 0.5) is 0 Å². The maximum Gasteiger partial charge on any atom is 0.129 e. The summed E-state index contributed by atoms with van der Waals surface area (Å²) >= 11 is 1.54. The van der Waals surface area contributed by atoms with Gasteiger partial charge in [0, 0.05) is 5.41 Å². The van der Waals surface area contributed by atoms with Crippen molar-refractivity contribution in [3.63, 3.8) is 0 Å². The topological polar surface area (TPSA) is 42.4 Å². The molecule has 0 aliphatic heterocycles. The first-order chi connectivity index (χ1) is 9.47. The molecule has 0 radical (unpaired) electrons. The minimum absolute atomic E-state index is 0.0288. The Hall–Kier alpha value is -1.39. The normalized spacial score (nSPS) is 11.7. The second-order valence-corrected chi connectivity index (χ2v) is 6.71. The Bertz CT molecular complexity index is 584. The fourth-order valence-corrected chi connectivity index (χ4v) is 3.25. The highest BCUT2D eigenvalue weighted by Gasteiger charge is 2.24. The Morgan fingerprint density at radius 2 is 1.95 bits per heavy atom. The Morgan fingerprint density at radius 3 is 2.50 bits per heavy atom. The van der Waals surface area contributed by atoms with Crippen molar-refractivity contribution in [2.24, 2.45) is 0 Å². The van der Waals surface area contributed by atoms with E-state index in [2.05, 4.69) is 20.8 Å². The molecule has 0 fully saturated rings. The van der Waals surface area contributed by atoms with E-state index >= 15 is 0 Å².